The summed E-state index contributed by atoms with van der Waals surface area (Å²) in [5.41, 5.74) is 7.31. The van der Waals surface area contributed by atoms with E-state index in [9.17, 15) is 0 Å². The van der Waals surface area contributed by atoms with E-state index in [2.05, 4.69) is 61.2 Å². The van der Waals surface area contributed by atoms with Crippen LogP contribution in [-0.4, -0.2) is 50.1 Å². The monoisotopic (exact) mass is 249 g/mol. The number of nitrogens with zero attached hydrogens (tertiary/aromatic N) is 2. The van der Waals surface area contributed by atoms with Crippen LogP contribution >= 0.6 is 0 Å². The van der Waals surface area contributed by atoms with Crippen LogP contribution in [0.1, 0.15) is 24.9 Å². The molecular formula is C15H27N3. The topological polar surface area (TPSA) is 32.5 Å². The minimum Gasteiger partial charge on any atom is -0.329 e. The molecule has 0 aliphatic carbocycles. The molecule has 1 aromatic carbocycles. The van der Waals surface area contributed by atoms with Gasteiger partial charge in [-0.25, -0.2) is 0 Å². The first-order valence-electron chi connectivity index (χ1n) is 6.82. The summed E-state index contributed by atoms with van der Waals surface area (Å²) in [6, 6.07) is 10.9. The molecule has 0 bridgehead atoms. The molecule has 0 spiro atoms. The van der Waals surface area contributed by atoms with Gasteiger partial charge in [-0.3, -0.25) is 4.90 Å². The van der Waals surface area contributed by atoms with E-state index in [-0.39, 0.29) is 0 Å². The molecule has 102 valence electrons. The van der Waals surface area contributed by atoms with E-state index in [1.54, 1.807) is 0 Å². The fourth-order valence-electron chi connectivity index (χ4n) is 2.21. The van der Waals surface area contributed by atoms with E-state index < -0.39 is 0 Å². The quantitative estimate of drug-likeness (QED) is 0.764. The van der Waals surface area contributed by atoms with Gasteiger partial charge in [-0.05, 0) is 32.6 Å². The van der Waals surface area contributed by atoms with Crippen molar-refractivity contribution in [3.63, 3.8) is 0 Å². The lowest BCUT2D eigenvalue weighted by molar-refractivity contribution is 0.182. The van der Waals surface area contributed by atoms with Crippen LogP contribution in [0.2, 0.25) is 0 Å². The Bertz CT molecular complexity index is 311. The van der Waals surface area contributed by atoms with Gasteiger partial charge in [0.1, 0.15) is 0 Å². The Hall–Kier alpha value is -0.900. The number of nitrogens with two attached hydrogens (primary N) is 1. The lowest BCUT2D eigenvalue weighted by atomic mass is 10.1. The highest BCUT2D eigenvalue weighted by molar-refractivity contribution is 5.19. The third kappa shape index (κ3) is 4.77. The Morgan fingerprint density at radius 3 is 2.22 bits per heavy atom. The Morgan fingerprint density at radius 1 is 1.06 bits per heavy atom. The van der Waals surface area contributed by atoms with Crippen molar-refractivity contribution in [3.8, 4) is 0 Å². The first-order valence-corrected chi connectivity index (χ1v) is 6.82. The number of likely N-dealkylation sites (N-methyl/N-ethyl adjacent to an activating group) is 1. The molecule has 0 fully saturated rings. The predicted octanol–water partition coefficient (Wildman–Crippen LogP) is 1.96. The van der Waals surface area contributed by atoms with Crippen LogP contribution in [0, 0.1) is 0 Å². The molecule has 3 heteroatoms. The number of hydrogen-bond acceptors (Lipinski definition) is 3. The Labute approximate surface area is 112 Å². The highest BCUT2D eigenvalue weighted by atomic mass is 15.2. The van der Waals surface area contributed by atoms with Crippen LogP contribution in [0.4, 0.5) is 0 Å². The minimum absolute atomic E-state index is 0.339. The summed E-state index contributed by atoms with van der Waals surface area (Å²) < 4.78 is 0. The number of rotatable bonds is 8. The van der Waals surface area contributed by atoms with Crippen LogP contribution in [0.5, 0.6) is 0 Å². The average molecular weight is 249 g/mol. The average Bonchev–Trinajstić information content (AvgIpc) is 2.38. The van der Waals surface area contributed by atoms with Crippen LogP contribution in [0.25, 0.3) is 0 Å². The maximum atomic E-state index is 5.99. The summed E-state index contributed by atoms with van der Waals surface area (Å²) in [6.45, 7) is 6.14. The molecule has 0 radical (unpaired) electrons. The van der Waals surface area contributed by atoms with E-state index in [1.807, 2.05) is 0 Å². The molecule has 1 aromatic rings. The van der Waals surface area contributed by atoms with Gasteiger partial charge in [-0.1, -0.05) is 37.3 Å². The summed E-state index contributed by atoms with van der Waals surface area (Å²) in [4.78, 5) is 4.72. The summed E-state index contributed by atoms with van der Waals surface area (Å²) in [6.07, 6.45) is 1.16. The molecule has 0 saturated heterocycles. The molecule has 2 N–H and O–H groups in total. The van der Waals surface area contributed by atoms with Crippen LogP contribution < -0.4 is 5.73 Å². The summed E-state index contributed by atoms with van der Waals surface area (Å²) in [7, 11) is 4.23. The van der Waals surface area contributed by atoms with Crippen molar-refractivity contribution < 1.29 is 0 Å². The molecule has 1 unspecified atom stereocenters. The van der Waals surface area contributed by atoms with Crippen LogP contribution in [-0.2, 0) is 0 Å². The maximum Gasteiger partial charge on any atom is 0.0470 e. The molecule has 3 nitrogen and oxygen atoms in total. The standard InChI is InChI=1S/C15H27N3/c1-4-10-18(12-11-17(2)3)15(13-16)14-8-6-5-7-9-14/h5-9,15H,4,10-13,16H2,1-3H3. The van der Waals surface area contributed by atoms with E-state index in [4.69, 9.17) is 5.73 Å². The highest BCUT2D eigenvalue weighted by Crippen LogP contribution is 2.19. The summed E-state index contributed by atoms with van der Waals surface area (Å²) in [5.74, 6) is 0. The lowest BCUT2D eigenvalue weighted by Crippen LogP contribution is -2.38. The van der Waals surface area contributed by atoms with Crippen LogP contribution in [0.15, 0.2) is 30.3 Å². The maximum absolute atomic E-state index is 5.99. The van der Waals surface area contributed by atoms with Gasteiger partial charge >= 0.3 is 0 Å². The molecule has 18 heavy (non-hydrogen) atoms. The number of hydrogen-bond donors (Lipinski definition) is 1. The number of benzene rings is 1. The largest absolute Gasteiger partial charge is 0.329 e. The normalized spacial score (nSPS) is 13.2. The van der Waals surface area contributed by atoms with E-state index in [0.29, 0.717) is 12.6 Å². The fraction of sp³-hybridized carbons (Fsp3) is 0.600. The molecule has 0 amide bonds. The van der Waals surface area contributed by atoms with E-state index in [1.165, 1.54) is 5.56 Å². The molecule has 1 rings (SSSR count). The summed E-state index contributed by atoms with van der Waals surface area (Å²) >= 11 is 0. The Morgan fingerprint density at radius 2 is 1.72 bits per heavy atom. The Kier molecular flexibility index (Phi) is 6.94. The van der Waals surface area contributed by atoms with Gasteiger partial charge in [-0.15, -0.1) is 0 Å². The minimum atomic E-state index is 0.339. The van der Waals surface area contributed by atoms with E-state index >= 15 is 0 Å². The van der Waals surface area contributed by atoms with Gasteiger partial charge in [0.25, 0.3) is 0 Å². The van der Waals surface area contributed by atoms with Crippen molar-refractivity contribution in [2.75, 3.05) is 40.3 Å². The second-order valence-corrected chi connectivity index (χ2v) is 5.00. The Balaban J connectivity index is 2.74. The van der Waals surface area contributed by atoms with Gasteiger partial charge in [0.2, 0.25) is 0 Å². The SMILES string of the molecule is CCCN(CCN(C)C)C(CN)c1ccccc1. The third-order valence-corrected chi connectivity index (χ3v) is 3.19. The third-order valence-electron chi connectivity index (χ3n) is 3.19. The van der Waals surface area contributed by atoms with Crippen molar-refractivity contribution in [2.45, 2.75) is 19.4 Å². The van der Waals surface area contributed by atoms with Gasteiger partial charge in [-0.2, -0.15) is 0 Å². The molecular weight excluding hydrogens is 222 g/mol. The zero-order chi connectivity index (χ0) is 13.4. The highest BCUT2D eigenvalue weighted by Gasteiger charge is 2.17. The molecule has 0 aromatic heterocycles. The molecule has 0 saturated carbocycles. The van der Waals surface area contributed by atoms with E-state index in [0.717, 1.165) is 26.1 Å². The first kappa shape index (κ1) is 15.2. The zero-order valence-electron chi connectivity index (χ0n) is 12.0. The molecule has 0 aliphatic heterocycles. The fourth-order valence-corrected chi connectivity index (χ4v) is 2.21. The molecule has 0 heterocycles. The summed E-state index contributed by atoms with van der Waals surface area (Å²) in [5, 5.41) is 0. The van der Waals surface area contributed by atoms with Gasteiger partial charge in [0.05, 0.1) is 0 Å². The van der Waals surface area contributed by atoms with Gasteiger partial charge in [0.15, 0.2) is 0 Å². The zero-order valence-corrected chi connectivity index (χ0v) is 12.0. The smallest absolute Gasteiger partial charge is 0.0470 e. The predicted molar refractivity (Wildman–Crippen MR) is 78.7 cm³/mol. The van der Waals surface area contributed by atoms with Crippen molar-refractivity contribution in [1.82, 2.24) is 9.80 Å². The molecule has 1 atom stereocenters. The van der Waals surface area contributed by atoms with Gasteiger partial charge in [0, 0.05) is 25.7 Å². The lowest BCUT2D eigenvalue weighted by Gasteiger charge is -2.32. The first-order chi connectivity index (χ1) is 8.69. The van der Waals surface area contributed by atoms with Crippen LogP contribution in [0.3, 0.4) is 0 Å². The van der Waals surface area contributed by atoms with Crippen molar-refractivity contribution in [3.05, 3.63) is 35.9 Å². The van der Waals surface area contributed by atoms with Crippen molar-refractivity contribution in [2.24, 2.45) is 5.73 Å². The second-order valence-electron chi connectivity index (χ2n) is 5.00. The second kappa shape index (κ2) is 8.25. The molecule has 0 aliphatic rings. The van der Waals surface area contributed by atoms with Gasteiger partial charge < -0.3 is 10.6 Å². The van der Waals surface area contributed by atoms with Crippen molar-refractivity contribution >= 4 is 0 Å². The van der Waals surface area contributed by atoms with Crippen molar-refractivity contribution in [1.29, 1.82) is 0 Å².